The van der Waals surface area contributed by atoms with Crippen LogP contribution in [0, 0.1) is 6.92 Å². The molecule has 5 heteroatoms. The van der Waals surface area contributed by atoms with E-state index in [4.69, 9.17) is 10.5 Å². The molecule has 0 atom stereocenters. The number of hydrogen-bond donors (Lipinski definition) is 2. The van der Waals surface area contributed by atoms with Crippen molar-refractivity contribution >= 4 is 24.0 Å². The molecular formula is C13H21ClN2O2. The molecule has 4 nitrogen and oxygen atoms in total. The van der Waals surface area contributed by atoms with Crippen LogP contribution in [0.3, 0.4) is 0 Å². The average molecular weight is 273 g/mol. The summed E-state index contributed by atoms with van der Waals surface area (Å²) in [6.07, 6.45) is 0.481. The minimum atomic E-state index is -0.0653. The van der Waals surface area contributed by atoms with Gasteiger partial charge in [0.1, 0.15) is 5.75 Å². The van der Waals surface area contributed by atoms with E-state index in [9.17, 15) is 4.79 Å². The van der Waals surface area contributed by atoms with Crippen molar-refractivity contribution in [3.8, 4) is 5.75 Å². The maximum atomic E-state index is 11.4. The molecule has 18 heavy (non-hydrogen) atoms. The number of anilines is 1. The maximum absolute atomic E-state index is 11.4. The maximum Gasteiger partial charge on any atom is 0.225 e. The second-order valence-electron chi connectivity index (χ2n) is 4.23. The van der Waals surface area contributed by atoms with E-state index in [0.29, 0.717) is 13.0 Å². The van der Waals surface area contributed by atoms with Gasteiger partial charge in [0.15, 0.2) is 0 Å². The van der Waals surface area contributed by atoms with E-state index < -0.39 is 0 Å². The average Bonchev–Trinajstić information content (AvgIpc) is 2.22. The van der Waals surface area contributed by atoms with Crippen LogP contribution < -0.4 is 15.8 Å². The van der Waals surface area contributed by atoms with Crippen LogP contribution in [-0.4, -0.2) is 18.6 Å². The zero-order chi connectivity index (χ0) is 12.8. The molecule has 0 unspecified atom stereocenters. The van der Waals surface area contributed by atoms with E-state index in [2.05, 4.69) is 5.32 Å². The zero-order valence-corrected chi connectivity index (χ0v) is 11.8. The fourth-order valence-electron chi connectivity index (χ4n) is 1.47. The van der Waals surface area contributed by atoms with Gasteiger partial charge < -0.3 is 15.8 Å². The summed E-state index contributed by atoms with van der Waals surface area (Å²) >= 11 is 0. The molecule has 1 amide bonds. The first kappa shape index (κ1) is 16.7. The molecule has 0 aliphatic heterocycles. The number of nitrogens with one attached hydrogen (secondary N) is 1. The van der Waals surface area contributed by atoms with Crippen molar-refractivity contribution in [1.29, 1.82) is 0 Å². The van der Waals surface area contributed by atoms with E-state index in [1.165, 1.54) is 0 Å². The third kappa shape index (κ3) is 5.38. The van der Waals surface area contributed by atoms with Crippen LogP contribution in [0.5, 0.6) is 5.75 Å². The smallest absolute Gasteiger partial charge is 0.225 e. The van der Waals surface area contributed by atoms with Crippen molar-refractivity contribution < 1.29 is 9.53 Å². The van der Waals surface area contributed by atoms with Crippen LogP contribution in [0.15, 0.2) is 18.2 Å². The van der Waals surface area contributed by atoms with Gasteiger partial charge in [-0.2, -0.15) is 0 Å². The number of carbonyl (C=O) groups is 1. The number of amides is 1. The Bertz CT molecular complexity index is 395. The molecule has 0 aromatic heterocycles. The van der Waals surface area contributed by atoms with Crippen LogP contribution >= 0.6 is 12.4 Å². The third-order valence-corrected chi connectivity index (χ3v) is 2.19. The van der Waals surface area contributed by atoms with Crippen molar-refractivity contribution in [2.75, 3.05) is 11.9 Å². The predicted molar refractivity (Wildman–Crippen MR) is 76.5 cm³/mol. The third-order valence-electron chi connectivity index (χ3n) is 2.19. The van der Waals surface area contributed by atoms with Crippen molar-refractivity contribution in [3.63, 3.8) is 0 Å². The SMILES string of the molecule is Cc1cc(NC(=O)CCN)ccc1OC(C)C.Cl. The van der Waals surface area contributed by atoms with Gasteiger partial charge in [-0.05, 0) is 44.5 Å². The van der Waals surface area contributed by atoms with Crippen LogP contribution in [0.4, 0.5) is 5.69 Å². The van der Waals surface area contributed by atoms with Crippen molar-refractivity contribution in [1.82, 2.24) is 0 Å². The molecule has 0 aliphatic carbocycles. The summed E-state index contributed by atoms with van der Waals surface area (Å²) in [5.74, 6) is 0.779. The van der Waals surface area contributed by atoms with Gasteiger partial charge in [0, 0.05) is 18.7 Å². The van der Waals surface area contributed by atoms with Crippen LogP contribution in [-0.2, 0) is 4.79 Å². The zero-order valence-electron chi connectivity index (χ0n) is 11.0. The molecule has 0 heterocycles. The molecule has 0 saturated carbocycles. The summed E-state index contributed by atoms with van der Waals surface area (Å²) in [6.45, 7) is 6.28. The van der Waals surface area contributed by atoms with Gasteiger partial charge in [-0.1, -0.05) is 0 Å². The second-order valence-corrected chi connectivity index (χ2v) is 4.23. The molecule has 0 radical (unpaired) electrons. The fraction of sp³-hybridized carbons (Fsp3) is 0.462. The molecule has 3 N–H and O–H groups in total. The normalized spacial score (nSPS) is 9.83. The Morgan fingerprint density at radius 1 is 1.44 bits per heavy atom. The molecule has 0 aliphatic rings. The van der Waals surface area contributed by atoms with Crippen LogP contribution in [0.2, 0.25) is 0 Å². The molecule has 1 aromatic rings. The van der Waals surface area contributed by atoms with Gasteiger partial charge >= 0.3 is 0 Å². The lowest BCUT2D eigenvalue weighted by molar-refractivity contribution is -0.116. The minimum absolute atomic E-state index is 0. The highest BCUT2D eigenvalue weighted by Gasteiger charge is 2.05. The Labute approximate surface area is 114 Å². The summed E-state index contributed by atoms with van der Waals surface area (Å²) in [4.78, 5) is 11.4. The number of nitrogens with two attached hydrogens (primary N) is 1. The minimum Gasteiger partial charge on any atom is -0.491 e. The second kappa shape index (κ2) is 7.95. The first-order valence-electron chi connectivity index (χ1n) is 5.80. The summed E-state index contributed by atoms with van der Waals surface area (Å²) < 4.78 is 5.62. The topological polar surface area (TPSA) is 64.4 Å². The van der Waals surface area contributed by atoms with Crippen LogP contribution in [0.1, 0.15) is 25.8 Å². The molecule has 1 aromatic carbocycles. The summed E-state index contributed by atoms with van der Waals surface area (Å²) in [7, 11) is 0. The molecule has 102 valence electrons. The largest absolute Gasteiger partial charge is 0.491 e. The fourth-order valence-corrected chi connectivity index (χ4v) is 1.47. The highest BCUT2D eigenvalue weighted by atomic mass is 35.5. The lowest BCUT2D eigenvalue weighted by atomic mass is 10.2. The highest BCUT2D eigenvalue weighted by molar-refractivity contribution is 5.91. The molecule has 0 bridgehead atoms. The van der Waals surface area contributed by atoms with Crippen molar-refractivity contribution in [2.45, 2.75) is 33.3 Å². The Hall–Kier alpha value is -1.26. The van der Waals surface area contributed by atoms with E-state index in [0.717, 1.165) is 17.0 Å². The number of ether oxygens (including phenoxy) is 1. The monoisotopic (exact) mass is 272 g/mol. The number of rotatable bonds is 5. The Balaban J connectivity index is 0.00000289. The Kier molecular flexibility index (Phi) is 7.39. The number of benzene rings is 1. The predicted octanol–water partition coefficient (Wildman–Crippen LogP) is 2.49. The van der Waals surface area contributed by atoms with Gasteiger partial charge in [0.25, 0.3) is 0 Å². The summed E-state index contributed by atoms with van der Waals surface area (Å²) in [5, 5.41) is 2.79. The Morgan fingerprint density at radius 2 is 2.11 bits per heavy atom. The van der Waals surface area contributed by atoms with Gasteiger partial charge in [0.2, 0.25) is 5.91 Å². The van der Waals surface area contributed by atoms with Crippen LogP contribution in [0.25, 0.3) is 0 Å². The van der Waals surface area contributed by atoms with Gasteiger partial charge in [-0.3, -0.25) is 4.79 Å². The quantitative estimate of drug-likeness (QED) is 0.866. The van der Waals surface area contributed by atoms with Gasteiger partial charge in [-0.25, -0.2) is 0 Å². The molecule has 0 spiro atoms. The van der Waals surface area contributed by atoms with Crippen molar-refractivity contribution in [3.05, 3.63) is 23.8 Å². The van der Waals surface area contributed by atoms with E-state index in [-0.39, 0.29) is 24.4 Å². The van der Waals surface area contributed by atoms with Crippen molar-refractivity contribution in [2.24, 2.45) is 5.73 Å². The molecule has 0 fully saturated rings. The highest BCUT2D eigenvalue weighted by Crippen LogP contribution is 2.22. The number of hydrogen-bond acceptors (Lipinski definition) is 3. The first-order chi connectivity index (χ1) is 8.02. The van der Waals surface area contributed by atoms with E-state index in [1.54, 1.807) is 0 Å². The van der Waals surface area contributed by atoms with Gasteiger partial charge in [0.05, 0.1) is 6.10 Å². The molecular weight excluding hydrogens is 252 g/mol. The summed E-state index contributed by atoms with van der Waals surface area (Å²) in [6, 6.07) is 5.60. The summed E-state index contributed by atoms with van der Waals surface area (Å²) in [5.41, 5.74) is 7.09. The molecule has 0 saturated heterocycles. The van der Waals surface area contributed by atoms with E-state index >= 15 is 0 Å². The lowest BCUT2D eigenvalue weighted by Crippen LogP contribution is -2.16. The molecule has 1 rings (SSSR count). The number of halogens is 1. The van der Waals surface area contributed by atoms with E-state index in [1.807, 2.05) is 39.0 Å². The number of aryl methyl sites for hydroxylation is 1. The lowest BCUT2D eigenvalue weighted by Gasteiger charge is -2.13. The Morgan fingerprint density at radius 3 is 2.61 bits per heavy atom. The standard InChI is InChI=1S/C13H20N2O2.ClH/c1-9(2)17-12-5-4-11(8-10(12)3)15-13(16)6-7-14;/h4-5,8-9H,6-7,14H2,1-3H3,(H,15,16);1H. The first-order valence-corrected chi connectivity index (χ1v) is 5.80. The van der Waals surface area contributed by atoms with Gasteiger partial charge in [-0.15, -0.1) is 12.4 Å². The number of carbonyl (C=O) groups excluding carboxylic acids is 1.